The van der Waals surface area contributed by atoms with Gasteiger partial charge in [0, 0.05) is 12.0 Å². The highest BCUT2D eigenvalue weighted by Gasteiger charge is 2.51. The van der Waals surface area contributed by atoms with Gasteiger partial charge >= 0.3 is 7.12 Å². The summed E-state index contributed by atoms with van der Waals surface area (Å²) in [4.78, 5) is 4.90. The highest BCUT2D eigenvalue weighted by molar-refractivity contribution is 6.62. The minimum Gasteiger partial charge on any atom is -0.471 e. The number of aliphatic imine (C=N–C) groups is 1. The predicted octanol–water partition coefficient (Wildman–Crippen LogP) is 3.43. The fourth-order valence-corrected chi connectivity index (χ4v) is 4.04. The fourth-order valence-electron chi connectivity index (χ4n) is 4.04. The van der Waals surface area contributed by atoms with Gasteiger partial charge in [0.25, 0.3) is 0 Å². The second-order valence-electron chi connectivity index (χ2n) is 8.65. The van der Waals surface area contributed by atoms with Gasteiger partial charge in [0.05, 0.1) is 11.2 Å². The van der Waals surface area contributed by atoms with E-state index in [0.29, 0.717) is 0 Å². The van der Waals surface area contributed by atoms with Crippen molar-refractivity contribution in [3.63, 3.8) is 0 Å². The molecule has 1 saturated heterocycles. The van der Waals surface area contributed by atoms with Crippen molar-refractivity contribution >= 4 is 18.5 Å². The molecule has 138 valence electrons. The van der Waals surface area contributed by atoms with Crippen molar-refractivity contribution in [2.24, 2.45) is 4.99 Å². The maximum Gasteiger partial charge on any atom is 0.494 e. The smallest absolute Gasteiger partial charge is 0.471 e. The maximum atomic E-state index is 6.22. The minimum absolute atomic E-state index is 0.108. The van der Waals surface area contributed by atoms with E-state index >= 15 is 0 Å². The largest absolute Gasteiger partial charge is 0.494 e. The Balaban J connectivity index is 1.43. The molecule has 0 saturated carbocycles. The molecule has 5 rings (SSSR count). The van der Waals surface area contributed by atoms with Gasteiger partial charge in [0.2, 0.25) is 5.90 Å². The predicted molar refractivity (Wildman–Crippen MR) is 106 cm³/mol. The molecule has 1 aliphatic carbocycles. The van der Waals surface area contributed by atoms with Gasteiger partial charge in [-0.3, -0.25) is 0 Å². The maximum absolute atomic E-state index is 6.22. The average Bonchev–Trinajstić information content (AvgIpc) is 3.24. The molecular formula is C22H24BNO3. The molecular weight excluding hydrogens is 337 g/mol. The lowest BCUT2D eigenvalue weighted by atomic mass is 9.78. The van der Waals surface area contributed by atoms with E-state index in [1.54, 1.807) is 0 Å². The molecule has 0 unspecified atom stereocenters. The molecule has 0 spiro atoms. The quantitative estimate of drug-likeness (QED) is 0.770. The van der Waals surface area contributed by atoms with E-state index in [2.05, 4.69) is 58.0 Å². The van der Waals surface area contributed by atoms with Crippen LogP contribution in [0.4, 0.5) is 0 Å². The minimum atomic E-state index is -0.378. The molecule has 2 aliphatic heterocycles. The summed E-state index contributed by atoms with van der Waals surface area (Å²) in [6.45, 7) is 8.28. The van der Waals surface area contributed by atoms with Crippen molar-refractivity contribution in [2.75, 3.05) is 0 Å². The third-order valence-electron chi connectivity index (χ3n) is 6.33. The van der Waals surface area contributed by atoms with E-state index in [9.17, 15) is 0 Å². The van der Waals surface area contributed by atoms with Gasteiger partial charge in [0.15, 0.2) is 0 Å². The van der Waals surface area contributed by atoms with Crippen LogP contribution in [0, 0.1) is 0 Å². The lowest BCUT2D eigenvalue weighted by Crippen LogP contribution is -2.41. The molecule has 0 amide bonds. The zero-order valence-corrected chi connectivity index (χ0v) is 16.2. The fraction of sp³-hybridized carbons (Fsp3) is 0.409. The van der Waals surface area contributed by atoms with Gasteiger partial charge in [-0.1, -0.05) is 36.4 Å². The van der Waals surface area contributed by atoms with E-state index in [1.165, 1.54) is 11.1 Å². The summed E-state index contributed by atoms with van der Waals surface area (Å²) < 4.78 is 18.6. The Morgan fingerprint density at radius 3 is 2.48 bits per heavy atom. The highest BCUT2D eigenvalue weighted by Crippen LogP contribution is 2.41. The first-order valence-corrected chi connectivity index (χ1v) is 9.62. The zero-order chi connectivity index (χ0) is 18.8. The van der Waals surface area contributed by atoms with Gasteiger partial charge in [0.1, 0.15) is 12.1 Å². The monoisotopic (exact) mass is 361 g/mol. The molecule has 2 aromatic carbocycles. The van der Waals surface area contributed by atoms with Crippen molar-refractivity contribution < 1.29 is 14.0 Å². The molecule has 27 heavy (non-hydrogen) atoms. The van der Waals surface area contributed by atoms with E-state index in [-0.39, 0.29) is 30.5 Å². The van der Waals surface area contributed by atoms with Crippen molar-refractivity contribution in [2.45, 2.75) is 57.5 Å². The summed E-state index contributed by atoms with van der Waals surface area (Å²) in [6.07, 6.45) is 1.03. The Morgan fingerprint density at radius 1 is 0.963 bits per heavy atom. The van der Waals surface area contributed by atoms with Crippen LogP contribution in [0.5, 0.6) is 0 Å². The highest BCUT2D eigenvalue weighted by atomic mass is 16.7. The summed E-state index contributed by atoms with van der Waals surface area (Å²) in [5.41, 5.74) is 3.91. The van der Waals surface area contributed by atoms with Crippen LogP contribution in [0.25, 0.3) is 0 Å². The lowest BCUT2D eigenvalue weighted by Gasteiger charge is -2.32. The molecule has 2 atom stereocenters. The first-order valence-electron chi connectivity index (χ1n) is 9.62. The molecule has 0 bridgehead atoms. The molecule has 0 radical (unpaired) electrons. The number of hydrogen-bond acceptors (Lipinski definition) is 4. The number of fused-ring (bicyclic) bond motifs is 3. The van der Waals surface area contributed by atoms with Crippen LogP contribution in [-0.2, 0) is 20.5 Å². The molecule has 4 nitrogen and oxygen atoms in total. The van der Waals surface area contributed by atoms with Crippen LogP contribution < -0.4 is 5.46 Å². The Hall–Kier alpha value is -2.11. The van der Waals surface area contributed by atoms with Crippen molar-refractivity contribution in [3.8, 4) is 0 Å². The summed E-state index contributed by atoms with van der Waals surface area (Å²) in [5.74, 6) is 0.720. The number of hydrogen-bond donors (Lipinski definition) is 0. The Labute approximate surface area is 160 Å². The summed E-state index contributed by atoms with van der Waals surface area (Å²) in [6, 6.07) is 16.8. The molecule has 2 heterocycles. The van der Waals surface area contributed by atoms with Crippen molar-refractivity contribution in [1.29, 1.82) is 0 Å². The third kappa shape index (κ3) is 2.64. The number of nitrogens with zero attached hydrogens (tertiary/aromatic N) is 1. The first-order chi connectivity index (χ1) is 12.8. The number of rotatable bonds is 2. The zero-order valence-electron chi connectivity index (χ0n) is 16.2. The van der Waals surface area contributed by atoms with Crippen LogP contribution in [0.15, 0.2) is 53.5 Å². The SMILES string of the molecule is CC1(C)OB(c2cccc(C3=N[C@H]4c5ccccc5C[C@H]4O3)c2)OC1(C)C. The molecule has 2 aromatic rings. The average molecular weight is 361 g/mol. The van der Waals surface area contributed by atoms with Crippen LogP contribution in [0.1, 0.15) is 50.4 Å². The van der Waals surface area contributed by atoms with Crippen LogP contribution >= 0.6 is 0 Å². The van der Waals surface area contributed by atoms with Crippen LogP contribution in [0.2, 0.25) is 0 Å². The van der Waals surface area contributed by atoms with Crippen molar-refractivity contribution in [3.05, 3.63) is 65.2 Å². The normalized spacial score (nSPS) is 27.1. The first kappa shape index (κ1) is 17.0. The van der Waals surface area contributed by atoms with E-state index in [0.717, 1.165) is 23.3 Å². The Bertz CT molecular complexity index is 921. The van der Waals surface area contributed by atoms with E-state index < -0.39 is 0 Å². The topological polar surface area (TPSA) is 40.0 Å². The van der Waals surface area contributed by atoms with E-state index in [4.69, 9.17) is 19.0 Å². The van der Waals surface area contributed by atoms with Crippen molar-refractivity contribution in [1.82, 2.24) is 0 Å². The van der Waals surface area contributed by atoms with Gasteiger partial charge in [-0.25, -0.2) is 4.99 Å². The number of benzene rings is 2. The van der Waals surface area contributed by atoms with Gasteiger partial charge in [-0.2, -0.15) is 0 Å². The molecule has 5 heteroatoms. The van der Waals surface area contributed by atoms with Crippen LogP contribution in [0.3, 0.4) is 0 Å². The number of ether oxygens (including phenoxy) is 1. The standard InChI is InChI=1S/C22H24BNO3/c1-21(2)22(3,4)27-23(26-21)16-10-7-9-15(12-16)20-24-19-17-11-6-5-8-14(17)13-18(19)25-20/h5-12,18-19H,13H2,1-4H3/t18-,19+/m1/s1. The Kier molecular flexibility index (Phi) is 3.59. The van der Waals surface area contributed by atoms with Crippen LogP contribution in [-0.4, -0.2) is 30.3 Å². The second kappa shape index (κ2) is 5.70. The van der Waals surface area contributed by atoms with Gasteiger partial charge in [-0.05, 0) is 56.4 Å². The molecule has 0 aromatic heterocycles. The van der Waals surface area contributed by atoms with Gasteiger partial charge < -0.3 is 14.0 Å². The summed E-state index contributed by atoms with van der Waals surface area (Å²) in [5, 5.41) is 0. The lowest BCUT2D eigenvalue weighted by molar-refractivity contribution is 0.00578. The summed E-state index contributed by atoms with van der Waals surface area (Å²) >= 11 is 0. The summed E-state index contributed by atoms with van der Waals surface area (Å²) in [7, 11) is -0.378. The molecule has 1 fully saturated rings. The van der Waals surface area contributed by atoms with E-state index in [1.807, 2.05) is 18.2 Å². The molecule has 0 N–H and O–H groups in total. The van der Waals surface area contributed by atoms with Gasteiger partial charge in [-0.15, -0.1) is 0 Å². The third-order valence-corrected chi connectivity index (χ3v) is 6.33. The Morgan fingerprint density at radius 2 is 1.70 bits per heavy atom. The second-order valence-corrected chi connectivity index (χ2v) is 8.65. The molecule has 3 aliphatic rings.